The van der Waals surface area contributed by atoms with Crippen molar-refractivity contribution in [3.05, 3.63) is 65.2 Å². The fraction of sp³-hybridized carbons (Fsp3) is 0.312. The van der Waals surface area contributed by atoms with Gasteiger partial charge in [-0.15, -0.1) is 0 Å². The third-order valence-electron chi connectivity index (χ3n) is 3.16. The Hall–Kier alpha value is -1.74. The Labute approximate surface area is 113 Å². The van der Waals surface area contributed by atoms with Crippen LogP contribution in [0.3, 0.4) is 0 Å². The zero-order chi connectivity index (χ0) is 13.7. The normalized spacial score (nSPS) is 12.4. The molecule has 3 heteroatoms. The quantitative estimate of drug-likeness (QED) is 0.886. The molecule has 0 aliphatic heterocycles. The number of halogens is 1. The van der Waals surface area contributed by atoms with Gasteiger partial charge in [0, 0.05) is 12.4 Å². The van der Waals surface area contributed by atoms with E-state index in [1.165, 1.54) is 6.07 Å². The second-order valence-corrected chi connectivity index (χ2v) is 4.67. The van der Waals surface area contributed by atoms with Crippen LogP contribution in [0.4, 0.5) is 4.39 Å². The fourth-order valence-electron chi connectivity index (χ4n) is 2.21. The van der Waals surface area contributed by atoms with Crippen LogP contribution >= 0.6 is 0 Å². The van der Waals surface area contributed by atoms with Crippen LogP contribution in [-0.4, -0.2) is 11.5 Å². The molecule has 0 saturated heterocycles. The minimum absolute atomic E-state index is 0.0641. The largest absolute Gasteiger partial charge is 0.306 e. The third kappa shape index (κ3) is 3.38. The van der Waals surface area contributed by atoms with Gasteiger partial charge in [0.1, 0.15) is 5.82 Å². The van der Waals surface area contributed by atoms with Crippen molar-refractivity contribution in [1.29, 1.82) is 0 Å². The summed E-state index contributed by atoms with van der Waals surface area (Å²) in [5.74, 6) is -0.193. The Kier molecular flexibility index (Phi) is 4.63. The molecule has 2 aromatic rings. The molecule has 1 heterocycles. The smallest absolute Gasteiger partial charge is 0.123 e. The van der Waals surface area contributed by atoms with Gasteiger partial charge in [-0.2, -0.15) is 0 Å². The minimum Gasteiger partial charge on any atom is -0.306 e. The average molecular weight is 258 g/mol. The van der Waals surface area contributed by atoms with Crippen molar-refractivity contribution in [3.63, 3.8) is 0 Å². The SMILES string of the molecule is CCCNC(c1cccnc1)c1ccc(F)cc1C. The summed E-state index contributed by atoms with van der Waals surface area (Å²) in [7, 11) is 0. The van der Waals surface area contributed by atoms with Crippen LogP contribution in [0.25, 0.3) is 0 Å². The van der Waals surface area contributed by atoms with Crippen molar-refractivity contribution in [2.75, 3.05) is 6.54 Å². The van der Waals surface area contributed by atoms with Crippen LogP contribution in [0, 0.1) is 12.7 Å². The lowest BCUT2D eigenvalue weighted by Crippen LogP contribution is -2.24. The maximum absolute atomic E-state index is 13.2. The molecule has 0 fully saturated rings. The lowest BCUT2D eigenvalue weighted by molar-refractivity contribution is 0.588. The van der Waals surface area contributed by atoms with Gasteiger partial charge < -0.3 is 5.32 Å². The Morgan fingerprint density at radius 3 is 2.79 bits per heavy atom. The molecule has 0 spiro atoms. The van der Waals surface area contributed by atoms with Gasteiger partial charge in [-0.25, -0.2) is 4.39 Å². The molecule has 0 bridgehead atoms. The number of pyridine rings is 1. The molecule has 0 radical (unpaired) electrons. The first-order chi connectivity index (χ1) is 9.22. The Morgan fingerprint density at radius 2 is 2.16 bits per heavy atom. The van der Waals surface area contributed by atoms with Crippen molar-refractivity contribution in [2.45, 2.75) is 26.3 Å². The predicted molar refractivity (Wildman–Crippen MR) is 75.5 cm³/mol. The number of hydrogen-bond donors (Lipinski definition) is 1. The maximum Gasteiger partial charge on any atom is 0.123 e. The van der Waals surface area contributed by atoms with Gasteiger partial charge in [0.05, 0.1) is 6.04 Å². The number of nitrogens with one attached hydrogen (secondary N) is 1. The van der Waals surface area contributed by atoms with E-state index in [0.717, 1.165) is 29.7 Å². The predicted octanol–water partition coefficient (Wildman–Crippen LogP) is 3.62. The number of benzene rings is 1. The van der Waals surface area contributed by atoms with E-state index in [1.54, 1.807) is 12.3 Å². The molecule has 0 amide bonds. The Morgan fingerprint density at radius 1 is 1.32 bits per heavy atom. The molecule has 2 rings (SSSR count). The monoisotopic (exact) mass is 258 g/mol. The van der Waals surface area contributed by atoms with E-state index in [4.69, 9.17) is 0 Å². The summed E-state index contributed by atoms with van der Waals surface area (Å²) in [5.41, 5.74) is 3.16. The first-order valence-corrected chi connectivity index (χ1v) is 6.61. The van der Waals surface area contributed by atoms with Crippen LogP contribution in [0.15, 0.2) is 42.7 Å². The van der Waals surface area contributed by atoms with Crippen molar-refractivity contribution >= 4 is 0 Å². The number of aryl methyl sites for hydroxylation is 1. The second kappa shape index (κ2) is 6.43. The summed E-state index contributed by atoms with van der Waals surface area (Å²) >= 11 is 0. The molecule has 1 aromatic carbocycles. The first-order valence-electron chi connectivity index (χ1n) is 6.61. The van der Waals surface area contributed by atoms with Crippen molar-refractivity contribution in [2.24, 2.45) is 0 Å². The van der Waals surface area contributed by atoms with Gasteiger partial charge in [-0.1, -0.05) is 19.1 Å². The van der Waals surface area contributed by atoms with Crippen LogP contribution < -0.4 is 5.32 Å². The molecule has 0 aliphatic rings. The number of hydrogen-bond acceptors (Lipinski definition) is 2. The van der Waals surface area contributed by atoms with Gasteiger partial charge in [-0.05, 0) is 54.8 Å². The van der Waals surface area contributed by atoms with Crippen LogP contribution in [0.5, 0.6) is 0 Å². The molecular weight excluding hydrogens is 239 g/mol. The Bertz CT molecular complexity index is 526. The highest BCUT2D eigenvalue weighted by atomic mass is 19.1. The van der Waals surface area contributed by atoms with Crippen LogP contribution in [0.1, 0.15) is 36.1 Å². The molecule has 0 aliphatic carbocycles. The summed E-state index contributed by atoms with van der Waals surface area (Å²) in [6.07, 6.45) is 4.67. The molecule has 19 heavy (non-hydrogen) atoms. The number of nitrogens with zero attached hydrogens (tertiary/aromatic N) is 1. The topological polar surface area (TPSA) is 24.9 Å². The third-order valence-corrected chi connectivity index (χ3v) is 3.16. The fourth-order valence-corrected chi connectivity index (χ4v) is 2.21. The molecular formula is C16H19FN2. The number of rotatable bonds is 5. The number of aromatic nitrogens is 1. The lowest BCUT2D eigenvalue weighted by Gasteiger charge is -2.21. The van der Waals surface area contributed by atoms with Gasteiger partial charge in [0.2, 0.25) is 0 Å². The summed E-state index contributed by atoms with van der Waals surface area (Å²) in [6, 6.07) is 8.98. The highest BCUT2D eigenvalue weighted by Crippen LogP contribution is 2.24. The van der Waals surface area contributed by atoms with Gasteiger partial charge >= 0.3 is 0 Å². The van der Waals surface area contributed by atoms with Gasteiger partial charge in [0.25, 0.3) is 0 Å². The lowest BCUT2D eigenvalue weighted by atomic mass is 9.96. The Balaban J connectivity index is 2.37. The van der Waals surface area contributed by atoms with E-state index in [0.29, 0.717) is 0 Å². The van der Waals surface area contributed by atoms with Crippen molar-refractivity contribution in [3.8, 4) is 0 Å². The summed E-state index contributed by atoms with van der Waals surface area (Å²) in [5, 5.41) is 3.50. The molecule has 1 unspecified atom stereocenters. The molecule has 100 valence electrons. The average Bonchev–Trinajstić information content (AvgIpc) is 2.42. The van der Waals surface area contributed by atoms with E-state index >= 15 is 0 Å². The van der Waals surface area contributed by atoms with Crippen molar-refractivity contribution in [1.82, 2.24) is 10.3 Å². The van der Waals surface area contributed by atoms with Crippen LogP contribution in [-0.2, 0) is 0 Å². The van der Waals surface area contributed by atoms with E-state index in [-0.39, 0.29) is 11.9 Å². The minimum atomic E-state index is -0.193. The van der Waals surface area contributed by atoms with E-state index < -0.39 is 0 Å². The van der Waals surface area contributed by atoms with E-state index in [2.05, 4.69) is 17.2 Å². The van der Waals surface area contributed by atoms with E-state index in [1.807, 2.05) is 31.3 Å². The van der Waals surface area contributed by atoms with Gasteiger partial charge in [0.15, 0.2) is 0 Å². The van der Waals surface area contributed by atoms with Crippen molar-refractivity contribution < 1.29 is 4.39 Å². The first kappa shape index (κ1) is 13.7. The molecule has 2 nitrogen and oxygen atoms in total. The molecule has 1 N–H and O–H groups in total. The summed E-state index contributed by atoms with van der Waals surface area (Å²) in [6.45, 7) is 4.98. The molecule has 1 atom stereocenters. The van der Waals surface area contributed by atoms with E-state index in [9.17, 15) is 4.39 Å². The zero-order valence-electron chi connectivity index (χ0n) is 11.4. The summed E-state index contributed by atoms with van der Waals surface area (Å²) < 4.78 is 13.2. The zero-order valence-corrected chi connectivity index (χ0v) is 11.4. The standard InChI is InChI=1S/C16H19FN2/c1-3-8-19-16(13-5-4-9-18-11-13)15-7-6-14(17)10-12(15)2/h4-7,9-11,16,19H,3,8H2,1-2H3. The van der Waals surface area contributed by atoms with Crippen LogP contribution in [0.2, 0.25) is 0 Å². The summed E-state index contributed by atoms with van der Waals surface area (Å²) in [4.78, 5) is 4.17. The van der Waals surface area contributed by atoms with Gasteiger partial charge in [-0.3, -0.25) is 4.98 Å². The highest BCUT2D eigenvalue weighted by molar-refractivity contribution is 5.36. The molecule has 1 aromatic heterocycles. The maximum atomic E-state index is 13.2. The molecule has 0 saturated carbocycles. The second-order valence-electron chi connectivity index (χ2n) is 4.67. The highest BCUT2D eigenvalue weighted by Gasteiger charge is 2.15.